The minimum atomic E-state index is 0.175. The van der Waals surface area contributed by atoms with E-state index in [0.717, 1.165) is 11.6 Å². The molecule has 19 heavy (non-hydrogen) atoms. The molecule has 0 fully saturated rings. The normalized spacial score (nSPS) is 18.7. The molecule has 1 unspecified atom stereocenters. The van der Waals surface area contributed by atoms with E-state index >= 15 is 0 Å². The summed E-state index contributed by atoms with van der Waals surface area (Å²) in [7, 11) is 0. The zero-order chi connectivity index (χ0) is 13.2. The minimum absolute atomic E-state index is 0.175. The summed E-state index contributed by atoms with van der Waals surface area (Å²) in [6.45, 7) is 1.47. The second kappa shape index (κ2) is 5.46. The molecule has 0 spiro atoms. The Morgan fingerprint density at radius 3 is 2.84 bits per heavy atom. The Labute approximate surface area is 129 Å². The highest BCUT2D eigenvalue weighted by Crippen LogP contribution is 2.30. The van der Waals surface area contributed by atoms with E-state index in [2.05, 4.69) is 49.6 Å². The van der Waals surface area contributed by atoms with E-state index < -0.39 is 0 Å². The molecule has 1 aromatic carbocycles. The fraction of sp³-hybridized carbons (Fsp3) is 0.231. The van der Waals surface area contributed by atoms with Crippen molar-refractivity contribution in [2.75, 3.05) is 6.54 Å². The van der Waals surface area contributed by atoms with Gasteiger partial charge in [-0.05, 0) is 28.2 Å². The average Bonchev–Trinajstić information content (AvgIpc) is 2.99. The van der Waals surface area contributed by atoms with Crippen LogP contribution in [-0.4, -0.2) is 22.4 Å². The lowest BCUT2D eigenvalue weighted by Gasteiger charge is -2.24. The highest BCUT2D eigenvalue weighted by atomic mass is 127. The summed E-state index contributed by atoms with van der Waals surface area (Å²) < 4.78 is 1.19. The highest BCUT2D eigenvalue weighted by molar-refractivity contribution is 14.1. The Morgan fingerprint density at radius 1 is 1.37 bits per heavy atom. The third kappa shape index (κ3) is 2.74. The van der Waals surface area contributed by atoms with Crippen LogP contribution in [0.15, 0.2) is 41.5 Å². The van der Waals surface area contributed by atoms with Crippen LogP contribution in [0, 0.1) is 2.88 Å². The molecular weight excluding hydrogens is 371 g/mol. The van der Waals surface area contributed by atoms with E-state index in [1.807, 2.05) is 24.4 Å². The van der Waals surface area contributed by atoms with Crippen LogP contribution in [0.25, 0.3) is 0 Å². The van der Waals surface area contributed by atoms with Gasteiger partial charge in [0.1, 0.15) is 11.0 Å². The summed E-state index contributed by atoms with van der Waals surface area (Å²) in [4.78, 5) is 11.0. The molecule has 0 radical (unpaired) electrons. The highest BCUT2D eigenvalue weighted by Gasteiger charge is 2.29. The van der Waals surface area contributed by atoms with Gasteiger partial charge in [-0.25, -0.2) is 4.98 Å². The third-order valence-electron chi connectivity index (χ3n) is 3.07. The third-order valence-corrected chi connectivity index (χ3v) is 4.90. The predicted molar refractivity (Wildman–Crippen MR) is 86.0 cm³/mol. The van der Waals surface area contributed by atoms with Crippen LogP contribution in [-0.2, 0) is 6.54 Å². The van der Waals surface area contributed by atoms with Crippen LogP contribution in [0.5, 0.6) is 0 Å². The molecule has 1 aliphatic heterocycles. The average molecular weight is 384 g/mol. The first kappa shape index (κ1) is 12.9. The lowest BCUT2D eigenvalue weighted by molar-refractivity contribution is 0.339. The first-order valence-electron chi connectivity index (χ1n) is 5.96. The summed E-state index contributed by atoms with van der Waals surface area (Å²) in [5.74, 6) is 0.610. The van der Waals surface area contributed by atoms with Crippen LogP contribution in [0.2, 0.25) is 0 Å². The van der Waals surface area contributed by atoms with Gasteiger partial charge < -0.3 is 10.6 Å². The van der Waals surface area contributed by atoms with Gasteiger partial charge >= 0.3 is 0 Å². The number of thiazole rings is 1. The molecule has 0 saturated carbocycles. The Balaban J connectivity index is 1.83. The second-order valence-electron chi connectivity index (χ2n) is 4.33. The number of nitrogens with zero attached hydrogens (tertiary/aromatic N) is 3. The van der Waals surface area contributed by atoms with E-state index in [9.17, 15) is 0 Å². The zero-order valence-corrected chi connectivity index (χ0v) is 13.1. The minimum Gasteiger partial charge on any atom is -0.370 e. The maximum Gasteiger partial charge on any atom is 0.192 e. The first-order chi connectivity index (χ1) is 9.24. The molecule has 2 aromatic rings. The van der Waals surface area contributed by atoms with Crippen molar-refractivity contribution in [2.24, 2.45) is 10.7 Å². The molecule has 3 rings (SSSR count). The number of nitrogens with two attached hydrogens (primary N) is 1. The fourth-order valence-electron chi connectivity index (χ4n) is 2.13. The smallest absolute Gasteiger partial charge is 0.192 e. The zero-order valence-electron chi connectivity index (χ0n) is 10.2. The summed E-state index contributed by atoms with van der Waals surface area (Å²) in [5.41, 5.74) is 7.25. The Hall–Kier alpha value is -1.15. The lowest BCUT2D eigenvalue weighted by Crippen LogP contribution is -2.35. The topological polar surface area (TPSA) is 54.5 Å². The van der Waals surface area contributed by atoms with Crippen molar-refractivity contribution in [3.05, 3.63) is 50.0 Å². The molecule has 4 nitrogen and oxygen atoms in total. The molecule has 1 atom stereocenters. The standard InChI is InChI=1S/C13H13IN4S/c14-11-7-16-12(19-11)10-6-17-13(15)18(10)8-9-4-2-1-3-5-9/h1-5,7,10H,6,8H2,(H2,15,17). The van der Waals surface area contributed by atoms with Crippen molar-refractivity contribution in [3.8, 4) is 0 Å². The summed E-state index contributed by atoms with van der Waals surface area (Å²) in [6, 6.07) is 10.5. The van der Waals surface area contributed by atoms with E-state index in [1.54, 1.807) is 11.3 Å². The van der Waals surface area contributed by atoms with Crippen molar-refractivity contribution in [1.82, 2.24) is 9.88 Å². The molecule has 1 aliphatic rings. The quantitative estimate of drug-likeness (QED) is 0.828. The summed E-state index contributed by atoms with van der Waals surface area (Å²) >= 11 is 4.00. The van der Waals surface area contributed by atoms with Gasteiger partial charge in [0.25, 0.3) is 0 Å². The number of guanidine groups is 1. The number of benzene rings is 1. The summed E-state index contributed by atoms with van der Waals surface area (Å²) in [6.07, 6.45) is 1.90. The van der Waals surface area contributed by atoms with Gasteiger partial charge in [-0.2, -0.15) is 0 Å². The van der Waals surface area contributed by atoms with Gasteiger partial charge in [-0.1, -0.05) is 30.3 Å². The van der Waals surface area contributed by atoms with Crippen LogP contribution < -0.4 is 5.73 Å². The van der Waals surface area contributed by atoms with Crippen molar-refractivity contribution in [3.63, 3.8) is 0 Å². The second-order valence-corrected chi connectivity index (χ2v) is 7.29. The SMILES string of the molecule is NC1=NCC(c2ncc(I)s2)N1Cc1ccccc1. The number of hydrogen-bond donors (Lipinski definition) is 1. The van der Waals surface area contributed by atoms with Gasteiger partial charge in [-0.3, -0.25) is 4.99 Å². The van der Waals surface area contributed by atoms with Crippen molar-refractivity contribution in [2.45, 2.75) is 12.6 Å². The Morgan fingerprint density at radius 2 is 2.16 bits per heavy atom. The van der Waals surface area contributed by atoms with E-state index in [-0.39, 0.29) is 6.04 Å². The van der Waals surface area contributed by atoms with E-state index in [4.69, 9.17) is 5.73 Å². The largest absolute Gasteiger partial charge is 0.370 e. The van der Waals surface area contributed by atoms with Crippen LogP contribution >= 0.6 is 33.9 Å². The molecule has 2 heterocycles. The number of halogens is 1. The van der Waals surface area contributed by atoms with Gasteiger partial charge in [-0.15, -0.1) is 11.3 Å². The number of aliphatic imine (C=N–C) groups is 1. The van der Waals surface area contributed by atoms with E-state index in [0.29, 0.717) is 12.5 Å². The number of rotatable bonds is 3. The molecular formula is C13H13IN4S. The molecule has 98 valence electrons. The molecule has 0 bridgehead atoms. The molecule has 0 aliphatic carbocycles. The maximum absolute atomic E-state index is 6.01. The fourth-order valence-corrected chi connectivity index (χ4v) is 3.70. The van der Waals surface area contributed by atoms with Gasteiger partial charge in [0.15, 0.2) is 5.96 Å². The van der Waals surface area contributed by atoms with Gasteiger partial charge in [0.05, 0.1) is 15.6 Å². The van der Waals surface area contributed by atoms with E-state index in [1.165, 1.54) is 8.45 Å². The Kier molecular flexibility index (Phi) is 3.69. The van der Waals surface area contributed by atoms with Crippen LogP contribution in [0.4, 0.5) is 0 Å². The van der Waals surface area contributed by atoms with Gasteiger partial charge in [0, 0.05) is 6.54 Å². The number of aromatic nitrogens is 1. The maximum atomic E-state index is 6.01. The number of hydrogen-bond acceptors (Lipinski definition) is 5. The molecule has 0 saturated heterocycles. The molecule has 2 N–H and O–H groups in total. The van der Waals surface area contributed by atoms with Crippen LogP contribution in [0.3, 0.4) is 0 Å². The van der Waals surface area contributed by atoms with Gasteiger partial charge in [0.2, 0.25) is 0 Å². The predicted octanol–water partition coefficient (Wildman–Crippen LogP) is 2.62. The monoisotopic (exact) mass is 384 g/mol. The lowest BCUT2D eigenvalue weighted by atomic mass is 10.2. The Bertz CT molecular complexity index is 596. The molecule has 0 amide bonds. The van der Waals surface area contributed by atoms with Crippen LogP contribution in [0.1, 0.15) is 16.6 Å². The van der Waals surface area contributed by atoms with Crippen molar-refractivity contribution in [1.29, 1.82) is 0 Å². The van der Waals surface area contributed by atoms with Crippen molar-refractivity contribution < 1.29 is 0 Å². The van der Waals surface area contributed by atoms with Crippen molar-refractivity contribution >= 4 is 39.9 Å². The molecule has 1 aromatic heterocycles. The first-order valence-corrected chi connectivity index (χ1v) is 7.85. The molecule has 6 heteroatoms. The summed E-state index contributed by atoms with van der Waals surface area (Å²) in [5, 5.41) is 1.09.